The van der Waals surface area contributed by atoms with Gasteiger partial charge in [0, 0.05) is 23.2 Å². The maximum Gasteiger partial charge on any atom is 0.251 e. The second-order valence-electron chi connectivity index (χ2n) is 5.29. The Kier molecular flexibility index (Phi) is 3.88. The summed E-state index contributed by atoms with van der Waals surface area (Å²) in [4.78, 5) is 16.6. The lowest BCUT2D eigenvalue weighted by molar-refractivity contribution is 0.0929. The van der Waals surface area contributed by atoms with Crippen molar-refractivity contribution in [3.8, 4) is 0 Å². The molecule has 104 valence electrons. The van der Waals surface area contributed by atoms with E-state index in [4.69, 9.17) is 11.6 Å². The summed E-state index contributed by atoms with van der Waals surface area (Å²) in [7, 11) is 0. The number of hydrogen-bond acceptors (Lipinski definition) is 2. The molecule has 0 saturated heterocycles. The number of benzene rings is 1. The lowest BCUT2D eigenvalue weighted by atomic mass is 9.94. The van der Waals surface area contributed by atoms with Crippen molar-refractivity contribution in [2.45, 2.75) is 37.1 Å². The summed E-state index contributed by atoms with van der Waals surface area (Å²) < 4.78 is 0. The maximum absolute atomic E-state index is 12.3. The molecule has 1 aliphatic carbocycles. The van der Waals surface area contributed by atoms with Crippen LogP contribution in [0.15, 0.2) is 36.5 Å². The van der Waals surface area contributed by atoms with Crippen molar-refractivity contribution in [1.82, 2.24) is 10.3 Å². The van der Waals surface area contributed by atoms with Crippen molar-refractivity contribution in [1.29, 1.82) is 0 Å². The number of nitrogens with zero attached hydrogens (tertiary/aromatic N) is 1. The summed E-state index contributed by atoms with van der Waals surface area (Å²) in [6.45, 7) is 0. The molecular weight excluding hydrogens is 272 g/mol. The van der Waals surface area contributed by atoms with E-state index in [9.17, 15) is 4.79 Å². The van der Waals surface area contributed by atoms with Crippen molar-refractivity contribution in [2.75, 3.05) is 0 Å². The fourth-order valence-electron chi connectivity index (χ4n) is 2.72. The highest BCUT2D eigenvalue weighted by molar-refractivity contribution is 6.21. The highest BCUT2D eigenvalue weighted by atomic mass is 35.5. The molecule has 0 spiro atoms. The molecule has 1 aliphatic rings. The summed E-state index contributed by atoms with van der Waals surface area (Å²) in [6.07, 6.45) is 5.99. The van der Waals surface area contributed by atoms with Crippen LogP contribution in [0.3, 0.4) is 0 Å². The maximum atomic E-state index is 12.3. The number of amides is 1. The molecule has 0 bridgehead atoms. The van der Waals surface area contributed by atoms with Crippen molar-refractivity contribution < 1.29 is 4.79 Å². The van der Waals surface area contributed by atoms with E-state index in [1.807, 2.05) is 30.3 Å². The monoisotopic (exact) mass is 288 g/mol. The predicted octanol–water partition coefficient (Wildman–Crippen LogP) is 3.51. The molecule has 1 N–H and O–H groups in total. The van der Waals surface area contributed by atoms with Crippen LogP contribution in [0.5, 0.6) is 0 Å². The summed E-state index contributed by atoms with van der Waals surface area (Å²) in [5.74, 6) is -0.0479. The van der Waals surface area contributed by atoms with E-state index in [0.717, 1.165) is 36.6 Å². The Balaban J connectivity index is 1.78. The van der Waals surface area contributed by atoms with E-state index in [1.165, 1.54) is 0 Å². The lowest BCUT2D eigenvalue weighted by Gasteiger charge is -2.27. The molecule has 0 aliphatic heterocycles. The molecule has 2 unspecified atom stereocenters. The van der Waals surface area contributed by atoms with Crippen LogP contribution in [0.2, 0.25) is 0 Å². The van der Waals surface area contributed by atoms with Crippen LogP contribution in [0.1, 0.15) is 36.0 Å². The van der Waals surface area contributed by atoms with Crippen molar-refractivity contribution >= 4 is 28.4 Å². The first-order chi connectivity index (χ1) is 9.74. The zero-order valence-corrected chi connectivity index (χ0v) is 11.9. The van der Waals surface area contributed by atoms with Gasteiger partial charge in [0.1, 0.15) is 0 Å². The molecule has 2 atom stereocenters. The number of carbonyl (C=O) groups excluding carboxylic acids is 1. The summed E-state index contributed by atoms with van der Waals surface area (Å²) in [5.41, 5.74) is 1.57. The average molecular weight is 289 g/mol. The third-order valence-corrected chi connectivity index (χ3v) is 4.39. The molecule has 1 heterocycles. The van der Waals surface area contributed by atoms with E-state index in [-0.39, 0.29) is 17.3 Å². The Morgan fingerprint density at radius 3 is 2.95 bits per heavy atom. The molecule has 4 heteroatoms. The Bertz CT molecular complexity index is 629. The van der Waals surface area contributed by atoms with Gasteiger partial charge < -0.3 is 5.32 Å². The van der Waals surface area contributed by atoms with Gasteiger partial charge in [0.25, 0.3) is 5.91 Å². The van der Waals surface area contributed by atoms with Crippen LogP contribution in [-0.2, 0) is 0 Å². The number of halogens is 1. The third kappa shape index (κ3) is 2.78. The quantitative estimate of drug-likeness (QED) is 0.859. The fourth-order valence-corrected chi connectivity index (χ4v) is 3.06. The van der Waals surface area contributed by atoms with Crippen LogP contribution < -0.4 is 5.32 Å². The molecule has 1 amide bonds. The van der Waals surface area contributed by atoms with Crippen LogP contribution in [0.4, 0.5) is 0 Å². The van der Waals surface area contributed by atoms with Crippen LogP contribution in [0, 0.1) is 0 Å². The SMILES string of the molecule is O=C(NC1CCCCC1Cl)c1ccc2ncccc2c1. The molecule has 1 fully saturated rings. The van der Waals surface area contributed by atoms with Gasteiger partial charge in [-0.25, -0.2) is 0 Å². The third-order valence-electron chi connectivity index (χ3n) is 3.86. The number of carbonyl (C=O) groups is 1. The zero-order valence-electron chi connectivity index (χ0n) is 11.2. The largest absolute Gasteiger partial charge is 0.348 e. The van der Waals surface area contributed by atoms with Gasteiger partial charge in [-0.05, 0) is 37.1 Å². The molecular formula is C16H17ClN2O. The Hall–Kier alpha value is -1.61. The molecule has 1 aromatic carbocycles. The van der Waals surface area contributed by atoms with Crippen LogP contribution >= 0.6 is 11.6 Å². The number of pyridine rings is 1. The predicted molar refractivity (Wildman–Crippen MR) is 81.1 cm³/mol. The fraction of sp³-hybridized carbons (Fsp3) is 0.375. The summed E-state index contributed by atoms with van der Waals surface area (Å²) >= 11 is 6.28. The lowest BCUT2D eigenvalue weighted by Crippen LogP contribution is -2.42. The first-order valence-electron chi connectivity index (χ1n) is 7.04. The van der Waals surface area contributed by atoms with Gasteiger partial charge >= 0.3 is 0 Å². The van der Waals surface area contributed by atoms with E-state index in [2.05, 4.69) is 10.3 Å². The number of alkyl halides is 1. The highest BCUT2D eigenvalue weighted by Crippen LogP contribution is 2.23. The normalized spacial score (nSPS) is 22.6. The number of rotatable bonds is 2. The standard InChI is InChI=1S/C16H17ClN2O/c17-13-5-1-2-6-15(13)19-16(20)12-7-8-14-11(10-12)4-3-9-18-14/h3-4,7-10,13,15H,1-2,5-6H2,(H,19,20). The minimum atomic E-state index is -0.0479. The molecule has 1 saturated carbocycles. The molecule has 3 rings (SSSR count). The number of fused-ring (bicyclic) bond motifs is 1. The highest BCUT2D eigenvalue weighted by Gasteiger charge is 2.24. The smallest absolute Gasteiger partial charge is 0.251 e. The number of nitrogens with one attached hydrogen (secondary N) is 1. The Morgan fingerprint density at radius 1 is 1.25 bits per heavy atom. The van der Waals surface area contributed by atoms with E-state index in [1.54, 1.807) is 6.20 Å². The molecule has 1 aromatic heterocycles. The number of aromatic nitrogens is 1. The van der Waals surface area contributed by atoms with Crippen LogP contribution in [0.25, 0.3) is 10.9 Å². The minimum Gasteiger partial charge on any atom is -0.348 e. The molecule has 0 radical (unpaired) electrons. The van der Waals surface area contributed by atoms with Gasteiger partial charge in [0.2, 0.25) is 0 Å². The van der Waals surface area contributed by atoms with Gasteiger partial charge in [0.05, 0.1) is 10.9 Å². The second-order valence-corrected chi connectivity index (χ2v) is 5.85. The van der Waals surface area contributed by atoms with Gasteiger partial charge in [-0.1, -0.05) is 18.9 Å². The first-order valence-corrected chi connectivity index (χ1v) is 7.47. The molecule has 2 aromatic rings. The topological polar surface area (TPSA) is 42.0 Å². The average Bonchev–Trinajstić information content (AvgIpc) is 2.49. The van der Waals surface area contributed by atoms with Gasteiger partial charge in [-0.3, -0.25) is 9.78 Å². The van der Waals surface area contributed by atoms with E-state index < -0.39 is 0 Å². The van der Waals surface area contributed by atoms with Crippen molar-refractivity contribution in [3.05, 3.63) is 42.1 Å². The Morgan fingerprint density at radius 2 is 2.10 bits per heavy atom. The van der Waals surface area contributed by atoms with Crippen LogP contribution in [-0.4, -0.2) is 22.3 Å². The van der Waals surface area contributed by atoms with Crippen molar-refractivity contribution in [2.24, 2.45) is 0 Å². The Labute approximate surface area is 123 Å². The van der Waals surface area contributed by atoms with E-state index in [0.29, 0.717) is 5.56 Å². The molecule has 3 nitrogen and oxygen atoms in total. The second kappa shape index (κ2) is 5.80. The summed E-state index contributed by atoms with van der Waals surface area (Å²) in [6, 6.07) is 9.50. The first kappa shape index (κ1) is 13.4. The van der Waals surface area contributed by atoms with Gasteiger partial charge in [0.15, 0.2) is 0 Å². The zero-order chi connectivity index (χ0) is 13.9. The van der Waals surface area contributed by atoms with E-state index >= 15 is 0 Å². The van der Waals surface area contributed by atoms with Crippen molar-refractivity contribution in [3.63, 3.8) is 0 Å². The molecule has 20 heavy (non-hydrogen) atoms. The number of hydrogen-bond donors (Lipinski definition) is 1. The van der Waals surface area contributed by atoms with Gasteiger partial charge in [-0.2, -0.15) is 0 Å². The van der Waals surface area contributed by atoms with Gasteiger partial charge in [-0.15, -0.1) is 11.6 Å². The summed E-state index contributed by atoms with van der Waals surface area (Å²) in [5, 5.41) is 4.09. The minimum absolute atomic E-state index is 0.0479.